The number of rotatable bonds is 4. The van der Waals surface area contributed by atoms with Gasteiger partial charge in [0.25, 0.3) is 0 Å². The molecular weight excluding hydrogens is 299 g/mol. The SMILES string of the molecule is Cc1ncnc(N2CCN(Cc3nnc(C4CC4)o3)CC2)c1F. The fourth-order valence-corrected chi connectivity index (χ4v) is 2.80. The predicted octanol–water partition coefficient (Wildman–Crippen LogP) is 1.51. The van der Waals surface area contributed by atoms with Gasteiger partial charge in [-0.05, 0) is 19.8 Å². The Kier molecular flexibility index (Phi) is 3.68. The van der Waals surface area contributed by atoms with Gasteiger partial charge in [-0.2, -0.15) is 0 Å². The molecule has 1 aliphatic heterocycles. The van der Waals surface area contributed by atoms with Crippen molar-refractivity contribution in [1.82, 2.24) is 25.1 Å². The quantitative estimate of drug-likeness (QED) is 0.846. The third kappa shape index (κ3) is 3.03. The minimum absolute atomic E-state index is 0.327. The molecule has 0 aromatic carbocycles. The van der Waals surface area contributed by atoms with Crippen LogP contribution in [0.2, 0.25) is 0 Å². The average molecular weight is 318 g/mol. The highest BCUT2D eigenvalue weighted by Crippen LogP contribution is 2.39. The van der Waals surface area contributed by atoms with E-state index >= 15 is 0 Å². The van der Waals surface area contributed by atoms with Gasteiger partial charge in [-0.1, -0.05) is 0 Å². The molecule has 0 spiro atoms. The highest BCUT2D eigenvalue weighted by Gasteiger charge is 2.30. The van der Waals surface area contributed by atoms with Crippen LogP contribution >= 0.6 is 0 Å². The van der Waals surface area contributed by atoms with Gasteiger partial charge in [0, 0.05) is 32.1 Å². The number of hydrogen-bond acceptors (Lipinski definition) is 7. The summed E-state index contributed by atoms with van der Waals surface area (Å²) < 4.78 is 19.8. The summed E-state index contributed by atoms with van der Waals surface area (Å²) in [6, 6.07) is 0. The Balaban J connectivity index is 1.35. The van der Waals surface area contributed by atoms with E-state index in [1.165, 1.54) is 6.33 Å². The molecule has 2 aliphatic rings. The van der Waals surface area contributed by atoms with E-state index < -0.39 is 0 Å². The second-order valence-electron chi connectivity index (χ2n) is 6.17. The van der Waals surface area contributed by atoms with Gasteiger partial charge in [0.2, 0.25) is 11.8 Å². The van der Waals surface area contributed by atoms with E-state index in [1.807, 2.05) is 4.90 Å². The molecule has 8 heteroatoms. The largest absolute Gasteiger partial charge is 0.424 e. The van der Waals surface area contributed by atoms with Crippen molar-refractivity contribution in [2.24, 2.45) is 0 Å². The van der Waals surface area contributed by atoms with Crippen LogP contribution in [0.15, 0.2) is 10.7 Å². The first-order chi connectivity index (χ1) is 11.2. The van der Waals surface area contributed by atoms with Crippen LogP contribution in [0, 0.1) is 12.7 Å². The van der Waals surface area contributed by atoms with E-state index in [1.54, 1.807) is 6.92 Å². The van der Waals surface area contributed by atoms with Crippen LogP contribution in [0.5, 0.6) is 0 Å². The molecule has 2 fully saturated rings. The van der Waals surface area contributed by atoms with Crippen LogP contribution < -0.4 is 4.90 Å². The third-order valence-electron chi connectivity index (χ3n) is 4.39. The van der Waals surface area contributed by atoms with Crippen LogP contribution in [0.4, 0.5) is 10.2 Å². The minimum Gasteiger partial charge on any atom is -0.424 e. The van der Waals surface area contributed by atoms with E-state index in [0.29, 0.717) is 29.9 Å². The molecule has 0 atom stereocenters. The Labute approximate surface area is 133 Å². The normalized spacial score (nSPS) is 19.3. The fraction of sp³-hybridized carbons (Fsp3) is 0.600. The Hall–Kier alpha value is -2.09. The predicted molar refractivity (Wildman–Crippen MR) is 80.5 cm³/mol. The molecule has 0 unspecified atom stereocenters. The van der Waals surface area contributed by atoms with Gasteiger partial charge in [-0.3, -0.25) is 4.90 Å². The first kappa shape index (κ1) is 14.5. The standard InChI is InChI=1S/C15H19FN6O/c1-10-13(16)14(18-9-17-10)22-6-4-21(5-7-22)8-12-19-20-15(23-12)11-2-3-11/h9,11H,2-8H2,1H3. The molecule has 0 radical (unpaired) electrons. The van der Waals surface area contributed by atoms with Crippen molar-refractivity contribution in [1.29, 1.82) is 0 Å². The summed E-state index contributed by atoms with van der Waals surface area (Å²) in [6.07, 6.45) is 3.73. The number of nitrogens with zero attached hydrogens (tertiary/aromatic N) is 6. The number of aromatic nitrogens is 4. The van der Waals surface area contributed by atoms with E-state index in [4.69, 9.17) is 4.42 Å². The number of piperazine rings is 1. The van der Waals surface area contributed by atoms with Crippen molar-refractivity contribution in [2.45, 2.75) is 32.2 Å². The molecule has 3 heterocycles. The summed E-state index contributed by atoms with van der Waals surface area (Å²) >= 11 is 0. The summed E-state index contributed by atoms with van der Waals surface area (Å²) in [5.41, 5.74) is 0.385. The summed E-state index contributed by atoms with van der Waals surface area (Å²) in [6.45, 7) is 5.36. The Morgan fingerprint density at radius 2 is 1.96 bits per heavy atom. The molecule has 23 heavy (non-hydrogen) atoms. The fourth-order valence-electron chi connectivity index (χ4n) is 2.80. The third-order valence-corrected chi connectivity index (χ3v) is 4.39. The van der Waals surface area contributed by atoms with Crippen molar-refractivity contribution < 1.29 is 8.81 Å². The Morgan fingerprint density at radius 1 is 1.17 bits per heavy atom. The molecule has 7 nitrogen and oxygen atoms in total. The van der Waals surface area contributed by atoms with Crippen LogP contribution in [0.1, 0.15) is 36.2 Å². The Morgan fingerprint density at radius 3 is 2.70 bits per heavy atom. The molecular formula is C15H19FN6O. The first-order valence-corrected chi connectivity index (χ1v) is 7.97. The lowest BCUT2D eigenvalue weighted by Gasteiger charge is -2.34. The Bertz CT molecular complexity index is 693. The van der Waals surface area contributed by atoms with Crippen LogP contribution in [-0.2, 0) is 6.54 Å². The number of halogens is 1. The molecule has 1 saturated carbocycles. The number of anilines is 1. The molecule has 0 bridgehead atoms. The van der Waals surface area contributed by atoms with Gasteiger partial charge < -0.3 is 9.32 Å². The van der Waals surface area contributed by atoms with Crippen molar-refractivity contribution in [3.05, 3.63) is 29.6 Å². The van der Waals surface area contributed by atoms with Crippen molar-refractivity contribution in [3.63, 3.8) is 0 Å². The number of aryl methyl sites for hydroxylation is 1. The lowest BCUT2D eigenvalue weighted by molar-refractivity contribution is 0.223. The number of hydrogen-bond donors (Lipinski definition) is 0. The second kappa shape index (κ2) is 5.84. The molecule has 4 rings (SSSR count). The van der Waals surface area contributed by atoms with Gasteiger partial charge >= 0.3 is 0 Å². The summed E-state index contributed by atoms with van der Waals surface area (Å²) in [5, 5.41) is 8.23. The highest BCUT2D eigenvalue weighted by molar-refractivity contribution is 5.41. The van der Waals surface area contributed by atoms with Gasteiger partial charge in [-0.15, -0.1) is 10.2 Å². The van der Waals surface area contributed by atoms with E-state index in [-0.39, 0.29) is 5.82 Å². The maximum atomic E-state index is 14.1. The van der Waals surface area contributed by atoms with E-state index in [2.05, 4.69) is 25.1 Å². The van der Waals surface area contributed by atoms with Crippen molar-refractivity contribution >= 4 is 5.82 Å². The summed E-state index contributed by atoms with van der Waals surface area (Å²) in [7, 11) is 0. The summed E-state index contributed by atoms with van der Waals surface area (Å²) in [5.74, 6) is 2.00. The molecule has 2 aromatic rings. The van der Waals surface area contributed by atoms with E-state index in [9.17, 15) is 4.39 Å². The van der Waals surface area contributed by atoms with E-state index in [0.717, 1.165) is 44.9 Å². The molecule has 122 valence electrons. The van der Waals surface area contributed by atoms with Crippen molar-refractivity contribution in [2.75, 3.05) is 31.1 Å². The van der Waals surface area contributed by atoms with Crippen LogP contribution in [0.25, 0.3) is 0 Å². The molecule has 1 saturated heterocycles. The first-order valence-electron chi connectivity index (χ1n) is 7.97. The molecule has 2 aromatic heterocycles. The van der Waals surface area contributed by atoms with Crippen LogP contribution in [0.3, 0.4) is 0 Å². The maximum absolute atomic E-state index is 14.1. The molecule has 0 amide bonds. The smallest absolute Gasteiger partial charge is 0.230 e. The van der Waals surface area contributed by atoms with Crippen molar-refractivity contribution in [3.8, 4) is 0 Å². The maximum Gasteiger partial charge on any atom is 0.230 e. The minimum atomic E-state index is -0.327. The lowest BCUT2D eigenvalue weighted by atomic mass is 10.3. The topological polar surface area (TPSA) is 71.2 Å². The molecule has 0 N–H and O–H groups in total. The second-order valence-corrected chi connectivity index (χ2v) is 6.17. The van der Waals surface area contributed by atoms with Gasteiger partial charge in [-0.25, -0.2) is 14.4 Å². The van der Waals surface area contributed by atoms with Gasteiger partial charge in [0.15, 0.2) is 11.6 Å². The molecule has 1 aliphatic carbocycles. The van der Waals surface area contributed by atoms with Gasteiger partial charge in [0.1, 0.15) is 6.33 Å². The lowest BCUT2D eigenvalue weighted by Crippen LogP contribution is -2.46. The van der Waals surface area contributed by atoms with Crippen LogP contribution in [-0.4, -0.2) is 51.2 Å². The monoisotopic (exact) mass is 318 g/mol. The summed E-state index contributed by atoms with van der Waals surface area (Å²) in [4.78, 5) is 12.2. The average Bonchev–Trinajstić information content (AvgIpc) is 3.31. The zero-order valence-corrected chi connectivity index (χ0v) is 13.1. The van der Waals surface area contributed by atoms with Gasteiger partial charge in [0.05, 0.1) is 12.2 Å². The zero-order chi connectivity index (χ0) is 15.8. The zero-order valence-electron chi connectivity index (χ0n) is 13.1. The highest BCUT2D eigenvalue weighted by atomic mass is 19.1.